The number of carbonyl (C=O) groups excluding carboxylic acids is 2. The van der Waals surface area contributed by atoms with Gasteiger partial charge in [0.1, 0.15) is 0 Å². The van der Waals surface area contributed by atoms with Gasteiger partial charge in [-0.1, -0.05) is 6.07 Å². The molecule has 0 aliphatic carbocycles. The zero-order chi connectivity index (χ0) is 17.5. The summed E-state index contributed by atoms with van der Waals surface area (Å²) in [6.45, 7) is 1.71. The van der Waals surface area contributed by atoms with Crippen LogP contribution in [0.5, 0.6) is 0 Å². The van der Waals surface area contributed by atoms with Gasteiger partial charge < -0.3 is 15.5 Å². The molecule has 0 unspecified atom stereocenters. The van der Waals surface area contributed by atoms with Crippen molar-refractivity contribution in [2.24, 2.45) is 0 Å². The maximum atomic E-state index is 12.2. The molecule has 25 heavy (non-hydrogen) atoms. The molecular weight excluding hydrogens is 318 g/mol. The first-order valence-electron chi connectivity index (χ1n) is 8.35. The lowest BCUT2D eigenvalue weighted by atomic mass is 10.0. The Labute approximate surface area is 146 Å². The van der Waals surface area contributed by atoms with Gasteiger partial charge in [0.15, 0.2) is 0 Å². The second kappa shape index (κ2) is 8.23. The van der Waals surface area contributed by atoms with Crippen LogP contribution in [0.25, 0.3) is 0 Å². The SMILES string of the molecule is O=C(NC1CCN(C(=O)NCc2cccnc2)CC1)c1cccnc1. The minimum atomic E-state index is -0.118. The lowest BCUT2D eigenvalue weighted by molar-refractivity contribution is 0.0917. The summed E-state index contributed by atoms with van der Waals surface area (Å²) in [6.07, 6.45) is 8.12. The molecule has 1 aliphatic heterocycles. The summed E-state index contributed by atoms with van der Waals surface area (Å²) in [5.74, 6) is -0.118. The van der Waals surface area contributed by atoms with E-state index in [0.717, 1.165) is 18.4 Å². The zero-order valence-corrected chi connectivity index (χ0v) is 13.9. The monoisotopic (exact) mass is 339 g/mol. The van der Waals surface area contributed by atoms with E-state index in [9.17, 15) is 9.59 Å². The van der Waals surface area contributed by atoms with Crippen LogP contribution in [0.15, 0.2) is 49.1 Å². The maximum Gasteiger partial charge on any atom is 0.317 e. The number of likely N-dealkylation sites (tertiary alicyclic amines) is 1. The number of urea groups is 1. The second-order valence-corrected chi connectivity index (χ2v) is 6.00. The molecule has 3 rings (SSSR count). The van der Waals surface area contributed by atoms with Gasteiger partial charge in [0.25, 0.3) is 5.91 Å². The number of piperidine rings is 1. The Morgan fingerprint density at radius 2 is 1.80 bits per heavy atom. The van der Waals surface area contributed by atoms with E-state index in [4.69, 9.17) is 0 Å². The summed E-state index contributed by atoms with van der Waals surface area (Å²) in [6, 6.07) is 7.25. The highest BCUT2D eigenvalue weighted by molar-refractivity contribution is 5.94. The quantitative estimate of drug-likeness (QED) is 0.885. The molecule has 3 amide bonds. The Balaban J connectivity index is 1.42. The molecule has 7 heteroatoms. The van der Waals surface area contributed by atoms with Gasteiger partial charge >= 0.3 is 6.03 Å². The Morgan fingerprint density at radius 1 is 1.08 bits per heavy atom. The van der Waals surface area contributed by atoms with Gasteiger partial charge in [0.05, 0.1) is 5.56 Å². The average Bonchev–Trinajstić information content (AvgIpc) is 2.68. The third-order valence-corrected chi connectivity index (χ3v) is 4.21. The van der Waals surface area contributed by atoms with Crippen LogP contribution in [0.4, 0.5) is 4.79 Å². The number of carbonyl (C=O) groups is 2. The highest BCUT2D eigenvalue weighted by atomic mass is 16.2. The van der Waals surface area contributed by atoms with Crippen molar-refractivity contribution in [2.45, 2.75) is 25.4 Å². The summed E-state index contributed by atoms with van der Waals surface area (Å²) in [5.41, 5.74) is 1.52. The molecule has 3 heterocycles. The summed E-state index contributed by atoms with van der Waals surface area (Å²) in [4.78, 5) is 34.1. The Bertz CT molecular complexity index is 700. The van der Waals surface area contributed by atoms with Crippen LogP contribution in [0.2, 0.25) is 0 Å². The molecule has 2 N–H and O–H groups in total. The first-order valence-corrected chi connectivity index (χ1v) is 8.35. The molecule has 0 radical (unpaired) electrons. The molecule has 130 valence electrons. The fraction of sp³-hybridized carbons (Fsp3) is 0.333. The van der Waals surface area contributed by atoms with Crippen molar-refractivity contribution in [3.05, 3.63) is 60.2 Å². The van der Waals surface area contributed by atoms with E-state index >= 15 is 0 Å². The van der Waals surface area contributed by atoms with E-state index < -0.39 is 0 Å². The van der Waals surface area contributed by atoms with Crippen LogP contribution < -0.4 is 10.6 Å². The number of nitrogens with zero attached hydrogens (tertiary/aromatic N) is 3. The van der Waals surface area contributed by atoms with Crippen molar-refractivity contribution in [1.82, 2.24) is 25.5 Å². The van der Waals surface area contributed by atoms with Gasteiger partial charge in [0, 0.05) is 50.5 Å². The van der Waals surface area contributed by atoms with Gasteiger partial charge in [-0.15, -0.1) is 0 Å². The van der Waals surface area contributed by atoms with Crippen molar-refractivity contribution in [3.8, 4) is 0 Å². The molecule has 1 saturated heterocycles. The Hall–Kier alpha value is -2.96. The molecule has 1 aliphatic rings. The van der Waals surface area contributed by atoms with E-state index in [1.807, 2.05) is 12.1 Å². The number of hydrogen-bond donors (Lipinski definition) is 2. The number of nitrogens with one attached hydrogen (secondary N) is 2. The Kier molecular flexibility index (Phi) is 5.56. The molecule has 0 bridgehead atoms. The summed E-state index contributed by atoms with van der Waals surface area (Å²) in [5, 5.41) is 5.91. The number of aromatic nitrogens is 2. The molecule has 0 atom stereocenters. The van der Waals surface area contributed by atoms with Crippen LogP contribution in [-0.4, -0.2) is 45.9 Å². The van der Waals surface area contributed by atoms with Crippen molar-refractivity contribution in [1.29, 1.82) is 0 Å². The number of hydrogen-bond acceptors (Lipinski definition) is 4. The topological polar surface area (TPSA) is 87.2 Å². The summed E-state index contributed by atoms with van der Waals surface area (Å²) < 4.78 is 0. The maximum absolute atomic E-state index is 12.2. The first-order chi connectivity index (χ1) is 12.2. The Morgan fingerprint density at radius 3 is 2.44 bits per heavy atom. The normalized spacial score (nSPS) is 14.8. The van der Waals surface area contributed by atoms with Gasteiger partial charge in [-0.3, -0.25) is 14.8 Å². The standard InChI is InChI=1S/C18H21N5O2/c24-17(15-4-2-8-20-13-15)22-16-5-9-23(10-6-16)18(25)21-12-14-3-1-7-19-11-14/h1-4,7-8,11,13,16H,5-6,9-10,12H2,(H,21,25)(H,22,24). The molecule has 0 spiro atoms. The largest absolute Gasteiger partial charge is 0.349 e. The van der Waals surface area contributed by atoms with Gasteiger partial charge in [-0.25, -0.2) is 4.79 Å². The van der Waals surface area contributed by atoms with Crippen LogP contribution in [0, 0.1) is 0 Å². The van der Waals surface area contributed by atoms with Crippen LogP contribution in [-0.2, 0) is 6.54 Å². The smallest absolute Gasteiger partial charge is 0.317 e. The van der Waals surface area contributed by atoms with Crippen molar-refractivity contribution in [3.63, 3.8) is 0 Å². The molecule has 0 aromatic carbocycles. The third kappa shape index (κ3) is 4.76. The molecule has 1 fully saturated rings. The van der Waals surface area contributed by atoms with E-state index in [0.29, 0.717) is 25.2 Å². The predicted molar refractivity (Wildman–Crippen MR) is 92.8 cm³/mol. The number of rotatable bonds is 4. The van der Waals surface area contributed by atoms with Gasteiger partial charge in [-0.2, -0.15) is 0 Å². The third-order valence-electron chi connectivity index (χ3n) is 4.21. The van der Waals surface area contributed by atoms with Crippen LogP contribution >= 0.6 is 0 Å². The van der Waals surface area contributed by atoms with Crippen molar-refractivity contribution < 1.29 is 9.59 Å². The minimum absolute atomic E-state index is 0.0788. The van der Waals surface area contributed by atoms with Crippen molar-refractivity contribution >= 4 is 11.9 Å². The van der Waals surface area contributed by atoms with E-state index in [-0.39, 0.29) is 18.0 Å². The fourth-order valence-corrected chi connectivity index (χ4v) is 2.78. The molecule has 0 saturated carbocycles. The number of amides is 3. The average molecular weight is 339 g/mol. The molecular formula is C18H21N5O2. The van der Waals surface area contributed by atoms with Gasteiger partial charge in [0.2, 0.25) is 0 Å². The lowest BCUT2D eigenvalue weighted by Gasteiger charge is -2.32. The molecule has 2 aromatic rings. The number of pyridine rings is 2. The zero-order valence-electron chi connectivity index (χ0n) is 13.9. The van der Waals surface area contributed by atoms with Gasteiger partial charge in [-0.05, 0) is 36.6 Å². The lowest BCUT2D eigenvalue weighted by Crippen LogP contribution is -2.49. The fourth-order valence-electron chi connectivity index (χ4n) is 2.78. The highest BCUT2D eigenvalue weighted by Crippen LogP contribution is 2.11. The summed E-state index contributed by atoms with van der Waals surface area (Å²) in [7, 11) is 0. The second-order valence-electron chi connectivity index (χ2n) is 6.00. The van der Waals surface area contributed by atoms with E-state index in [1.165, 1.54) is 0 Å². The van der Waals surface area contributed by atoms with Crippen LogP contribution in [0.3, 0.4) is 0 Å². The highest BCUT2D eigenvalue weighted by Gasteiger charge is 2.24. The minimum Gasteiger partial charge on any atom is -0.349 e. The molecule has 7 nitrogen and oxygen atoms in total. The van der Waals surface area contributed by atoms with Crippen molar-refractivity contribution in [2.75, 3.05) is 13.1 Å². The van der Waals surface area contributed by atoms with Crippen LogP contribution in [0.1, 0.15) is 28.8 Å². The first kappa shape index (κ1) is 16.9. The molecule has 2 aromatic heterocycles. The predicted octanol–water partition coefficient (Wildman–Crippen LogP) is 1.58. The van der Waals surface area contributed by atoms with E-state index in [1.54, 1.807) is 41.8 Å². The summed E-state index contributed by atoms with van der Waals surface area (Å²) >= 11 is 0. The van der Waals surface area contributed by atoms with E-state index in [2.05, 4.69) is 20.6 Å².